The fourth-order valence-electron chi connectivity index (χ4n) is 2.58. The minimum Gasteiger partial charge on any atom is -0.329 e. The zero-order valence-electron chi connectivity index (χ0n) is 12.5. The van der Waals surface area contributed by atoms with Crippen LogP contribution in [0.25, 0.3) is 0 Å². The van der Waals surface area contributed by atoms with E-state index in [0.717, 1.165) is 31.5 Å². The molecule has 1 fully saturated rings. The molecule has 0 spiro atoms. The van der Waals surface area contributed by atoms with Crippen LogP contribution in [0.15, 0.2) is 24.5 Å². The summed E-state index contributed by atoms with van der Waals surface area (Å²) in [4.78, 5) is 6.12. The number of nitrogens with two attached hydrogens (primary N) is 1. The van der Waals surface area contributed by atoms with Gasteiger partial charge in [0.15, 0.2) is 0 Å². The molecule has 0 radical (unpaired) electrons. The normalized spacial score (nSPS) is 19.5. The Labute approximate surface area is 126 Å². The number of aromatic nitrogens is 1. The van der Waals surface area contributed by atoms with Crippen LogP contribution < -0.4 is 10.5 Å². The topological polar surface area (TPSA) is 88.3 Å². The maximum absolute atomic E-state index is 12.3. The number of hydrogen-bond acceptors (Lipinski definition) is 5. The summed E-state index contributed by atoms with van der Waals surface area (Å²) in [7, 11) is -1.30. The SMILES string of the molecule is CN1CCC(CN)(NS(=O)(=O)CCc2ccncc2)CC1. The summed E-state index contributed by atoms with van der Waals surface area (Å²) in [5, 5.41) is 0. The minimum atomic E-state index is -3.34. The number of aryl methyl sites for hydroxylation is 1. The van der Waals surface area contributed by atoms with E-state index in [9.17, 15) is 8.42 Å². The van der Waals surface area contributed by atoms with Crippen molar-refractivity contribution in [1.29, 1.82) is 0 Å². The molecule has 2 rings (SSSR count). The van der Waals surface area contributed by atoms with Crippen molar-refractivity contribution in [2.75, 3.05) is 32.4 Å². The molecule has 7 heteroatoms. The highest BCUT2D eigenvalue weighted by atomic mass is 32.2. The number of rotatable bonds is 6. The van der Waals surface area contributed by atoms with Gasteiger partial charge in [-0.05, 0) is 57.1 Å². The first-order chi connectivity index (χ1) is 9.95. The minimum absolute atomic E-state index is 0.0780. The monoisotopic (exact) mass is 312 g/mol. The first-order valence-corrected chi connectivity index (χ1v) is 8.89. The maximum atomic E-state index is 12.3. The molecule has 1 saturated heterocycles. The average molecular weight is 312 g/mol. The van der Waals surface area contributed by atoms with E-state index in [4.69, 9.17) is 5.73 Å². The Morgan fingerprint density at radius 1 is 1.33 bits per heavy atom. The number of likely N-dealkylation sites (tertiary alicyclic amines) is 1. The molecule has 118 valence electrons. The smallest absolute Gasteiger partial charge is 0.212 e. The van der Waals surface area contributed by atoms with Crippen LogP contribution in [-0.2, 0) is 16.4 Å². The van der Waals surface area contributed by atoms with E-state index >= 15 is 0 Å². The third-order valence-electron chi connectivity index (χ3n) is 4.12. The van der Waals surface area contributed by atoms with Crippen molar-refractivity contribution in [3.8, 4) is 0 Å². The molecular formula is C14H24N4O2S. The zero-order valence-corrected chi connectivity index (χ0v) is 13.3. The Morgan fingerprint density at radius 3 is 2.52 bits per heavy atom. The molecule has 0 aliphatic carbocycles. The maximum Gasteiger partial charge on any atom is 0.212 e. The van der Waals surface area contributed by atoms with Crippen molar-refractivity contribution < 1.29 is 8.42 Å². The van der Waals surface area contributed by atoms with Crippen molar-refractivity contribution in [2.24, 2.45) is 5.73 Å². The molecule has 0 unspecified atom stereocenters. The highest BCUT2D eigenvalue weighted by Crippen LogP contribution is 2.21. The predicted octanol–water partition coefficient (Wildman–Crippen LogP) is -0.0334. The molecule has 0 bridgehead atoms. The van der Waals surface area contributed by atoms with E-state index < -0.39 is 15.6 Å². The molecule has 0 aromatic carbocycles. The van der Waals surface area contributed by atoms with Gasteiger partial charge in [0, 0.05) is 24.5 Å². The molecule has 6 nitrogen and oxygen atoms in total. The number of nitrogens with zero attached hydrogens (tertiary/aromatic N) is 2. The zero-order chi connectivity index (χ0) is 15.3. The van der Waals surface area contributed by atoms with Crippen LogP contribution in [-0.4, -0.2) is 56.3 Å². The quantitative estimate of drug-likeness (QED) is 0.770. The third kappa shape index (κ3) is 4.74. The van der Waals surface area contributed by atoms with Gasteiger partial charge in [0.05, 0.1) is 5.75 Å². The number of piperidine rings is 1. The van der Waals surface area contributed by atoms with Crippen molar-refractivity contribution >= 4 is 10.0 Å². The first-order valence-electron chi connectivity index (χ1n) is 7.24. The van der Waals surface area contributed by atoms with Gasteiger partial charge in [-0.1, -0.05) is 0 Å². The molecule has 1 aromatic heterocycles. The van der Waals surface area contributed by atoms with Gasteiger partial charge in [0.25, 0.3) is 0 Å². The van der Waals surface area contributed by atoms with Crippen LogP contribution in [0.1, 0.15) is 18.4 Å². The average Bonchev–Trinajstić information content (AvgIpc) is 2.49. The van der Waals surface area contributed by atoms with Crippen LogP contribution in [0.4, 0.5) is 0 Å². The van der Waals surface area contributed by atoms with Crippen molar-refractivity contribution in [3.05, 3.63) is 30.1 Å². The standard InChI is InChI=1S/C14H24N4O2S/c1-18-9-5-14(12-15,6-10-18)17-21(19,20)11-4-13-2-7-16-8-3-13/h2-3,7-8,17H,4-6,9-12,15H2,1H3. The van der Waals surface area contributed by atoms with Crippen LogP contribution in [0.2, 0.25) is 0 Å². The van der Waals surface area contributed by atoms with Crippen LogP contribution in [0, 0.1) is 0 Å². The molecule has 0 atom stereocenters. The lowest BCUT2D eigenvalue weighted by molar-refractivity contribution is 0.182. The van der Waals surface area contributed by atoms with E-state index in [1.807, 2.05) is 19.2 Å². The second-order valence-corrected chi connectivity index (χ2v) is 7.66. The van der Waals surface area contributed by atoms with Crippen molar-refractivity contribution in [2.45, 2.75) is 24.8 Å². The largest absolute Gasteiger partial charge is 0.329 e. The summed E-state index contributed by atoms with van der Waals surface area (Å²) >= 11 is 0. The molecule has 21 heavy (non-hydrogen) atoms. The first kappa shape index (κ1) is 16.4. The van der Waals surface area contributed by atoms with E-state index in [1.54, 1.807) is 12.4 Å². The highest BCUT2D eigenvalue weighted by molar-refractivity contribution is 7.89. The lowest BCUT2D eigenvalue weighted by atomic mass is 9.89. The Balaban J connectivity index is 1.96. The van der Waals surface area contributed by atoms with Crippen molar-refractivity contribution in [1.82, 2.24) is 14.6 Å². The summed E-state index contributed by atoms with van der Waals surface area (Å²) in [6.45, 7) is 2.07. The summed E-state index contributed by atoms with van der Waals surface area (Å²) in [5.41, 5.74) is 6.33. The molecular weight excluding hydrogens is 288 g/mol. The Morgan fingerprint density at radius 2 is 1.95 bits per heavy atom. The fourth-order valence-corrected chi connectivity index (χ4v) is 4.13. The number of sulfonamides is 1. The van der Waals surface area contributed by atoms with E-state index in [0.29, 0.717) is 13.0 Å². The lowest BCUT2D eigenvalue weighted by Crippen LogP contribution is -2.59. The van der Waals surface area contributed by atoms with E-state index in [2.05, 4.69) is 14.6 Å². The molecule has 3 N–H and O–H groups in total. The predicted molar refractivity (Wildman–Crippen MR) is 83.4 cm³/mol. The second-order valence-electron chi connectivity index (χ2n) is 5.81. The van der Waals surface area contributed by atoms with Crippen molar-refractivity contribution in [3.63, 3.8) is 0 Å². The van der Waals surface area contributed by atoms with Crippen LogP contribution in [0.5, 0.6) is 0 Å². The molecule has 0 amide bonds. The summed E-state index contributed by atoms with van der Waals surface area (Å²) in [5.74, 6) is 0.0780. The van der Waals surface area contributed by atoms with E-state index in [1.165, 1.54) is 0 Å². The Hall–Kier alpha value is -1.02. The van der Waals surface area contributed by atoms with Gasteiger partial charge in [0.1, 0.15) is 0 Å². The number of pyridine rings is 1. The van der Waals surface area contributed by atoms with Gasteiger partial charge in [-0.25, -0.2) is 13.1 Å². The number of hydrogen-bond donors (Lipinski definition) is 2. The highest BCUT2D eigenvalue weighted by Gasteiger charge is 2.35. The molecule has 0 saturated carbocycles. The Kier molecular flexibility index (Phi) is 5.32. The van der Waals surface area contributed by atoms with Crippen LogP contribution >= 0.6 is 0 Å². The molecule has 2 heterocycles. The molecule has 1 aromatic rings. The third-order valence-corrected chi connectivity index (χ3v) is 5.60. The number of nitrogens with one attached hydrogen (secondary N) is 1. The van der Waals surface area contributed by atoms with Gasteiger partial charge < -0.3 is 10.6 Å². The summed E-state index contributed by atoms with van der Waals surface area (Å²) in [6, 6.07) is 3.67. The second kappa shape index (κ2) is 6.83. The van der Waals surface area contributed by atoms with Gasteiger partial charge >= 0.3 is 0 Å². The summed E-state index contributed by atoms with van der Waals surface area (Å²) < 4.78 is 27.5. The summed E-state index contributed by atoms with van der Waals surface area (Å²) in [6.07, 6.45) is 5.35. The van der Waals surface area contributed by atoms with Gasteiger partial charge in [0.2, 0.25) is 10.0 Å². The lowest BCUT2D eigenvalue weighted by Gasteiger charge is -2.40. The Bertz CT molecular complexity index is 539. The van der Waals surface area contributed by atoms with Gasteiger partial charge in [-0.15, -0.1) is 0 Å². The van der Waals surface area contributed by atoms with E-state index in [-0.39, 0.29) is 5.75 Å². The van der Waals surface area contributed by atoms with Gasteiger partial charge in [-0.2, -0.15) is 0 Å². The van der Waals surface area contributed by atoms with Gasteiger partial charge in [-0.3, -0.25) is 4.98 Å². The molecule has 1 aliphatic rings. The molecule has 1 aliphatic heterocycles. The van der Waals surface area contributed by atoms with Crippen LogP contribution in [0.3, 0.4) is 0 Å². The fraction of sp³-hybridized carbons (Fsp3) is 0.643.